The summed E-state index contributed by atoms with van der Waals surface area (Å²) < 4.78 is 5.17. The molecule has 2 heterocycles. The number of para-hydroxylation sites is 1. The number of pyridine rings is 1. The van der Waals surface area contributed by atoms with E-state index in [0.717, 1.165) is 43.2 Å². The maximum absolute atomic E-state index is 12.6. The Morgan fingerprint density at radius 2 is 1.82 bits per heavy atom. The van der Waals surface area contributed by atoms with Gasteiger partial charge in [0.25, 0.3) is 0 Å². The molecule has 4 rings (SSSR count). The Hall–Kier alpha value is -2.92. The first kappa shape index (κ1) is 18.4. The maximum Gasteiger partial charge on any atom is 0.216 e. The Balaban J connectivity index is 1.41. The number of nitrogens with one attached hydrogen (secondary N) is 2. The van der Waals surface area contributed by atoms with Crippen molar-refractivity contribution in [3.8, 4) is 5.75 Å². The quantitative estimate of drug-likeness (QED) is 0.687. The largest absolute Gasteiger partial charge is 0.497 e. The van der Waals surface area contributed by atoms with Crippen molar-refractivity contribution < 1.29 is 19.4 Å². The van der Waals surface area contributed by atoms with Crippen LogP contribution in [0.15, 0.2) is 54.6 Å². The van der Waals surface area contributed by atoms with Crippen LogP contribution in [0.4, 0.5) is 5.69 Å². The molecular weight excluding hydrogens is 350 g/mol. The number of hydrogen-bond acceptors (Lipinski definition) is 3. The van der Waals surface area contributed by atoms with E-state index >= 15 is 0 Å². The van der Waals surface area contributed by atoms with Crippen LogP contribution in [-0.4, -0.2) is 45.6 Å². The molecule has 3 aromatic rings. The highest BCUT2D eigenvalue weighted by Crippen LogP contribution is 2.24. The third-order valence-electron chi connectivity index (χ3n) is 5.52. The lowest BCUT2D eigenvalue weighted by Crippen LogP contribution is -3.15. The molecule has 0 aliphatic carbocycles. The second-order valence-corrected chi connectivity index (χ2v) is 7.45. The Morgan fingerprint density at radius 3 is 2.54 bits per heavy atom. The molecule has 5 nitrogen and oxygen atoms in total. The van der Waals surface area contributed by atoms with Gasteiger partial charge in [-0.3, -0.25) is 4.79 Å². The van der Waals surface area contributed by atoms with Crippen LogP contribution in [0.2, 0.25) is 0 Å². The summed E-state index contributed by atoms with van der Waals surface area (Å²) in [7, 11) is 1.63. The average molecular weight is 377 g/mol. The molecule has 0 unspecified atom stereocenters. The van der Waals surface area contributed by atoms with Crippen LogP contribution in [0.25, 0.3) is 10.9 Å². The zero-order chi connectivity index (χ0) is 19.5. The van der Waals surface area contributed by atoms with Crippen LogP contribution >= 0.6 is 0 Å². The SMILES string of the molecule is COc1ccc(C(=O)C[NH+]2CCN(c3cc(C)[nH+]c4ccccc34)CC2)cc1. The van der Waals surface area contributed by atoms with Crippen LogP contribution in [0.3, 0.4) is 0 Å². The van der Waals surface area contributed by atoms with Crippen molar-refractivity contribution in [2.75, 3.05) is 44.7 Å². The van der Waals surface area contributed by atoms with Gasteiger partial charge in [-0.25, -0.2) is 4.98 Å². The molecule has 0 atom stereocenters. The average Bonchev–Trinajstić information content (AvgIpc) is 2.73. The third kappa shape index (κ3) is 3.85. The summed E-state index contributed by atoms with van der Waals surface area (Å²) in [5, 5.41) is 1.26. The first-order chi connectivity index (χ1) is 13.6. The lowest BCUT2D eigenvalue weighted by molar-refractivity contribution is -0.892. The molecule has 5 heteroatoms. The number of fused-ring (bicyclic) bond motifs is 1. The van der Waals surface area contributed by atoms with Crippen molar-refractivity contribution in [2.45, 2.75) is 6.92 Å². The van der Waals surface area contributed by atoms with Crippen LogP contribution in [0.5, 0.6) is 5.75 Å². The first-order valence-electron chi connectivity index (χ1n) is 9.81. The number of aryl methyl sites for hydroxylation is 1. The van der Waals surface area contributed by atoms with Crippen molar-refractivity contribution in [3.63, 3.8) is 0 Å². The molecule has 1 aliphatic heterocycles. The maximum atomic E-state index is 12.6. The fourth-order valence-corrected chi connectivity index (χ4v) is 3.96. The van der Waals surface area contributed by atoms with Crippen molar-refractivity contribution in [3.05, 3.63) is 65.9 Å². The number of quaternary nitrogens is 1. The minimum atomic E-state index is 0.196. The van der Waals surface area contributed by atoms with Gasteiger partial charge in [0, 0.05) is 24.6 Å². The zero-order valence-corrected chi connectivity index (χ0v) is 16.5. The lowest BCUT2D eigenvalue weighted by atomic mass is 10.1. The number of ketones is 1. The number of aromatic amines is 1. The highest BCUT2D eigenvalue weighted by atomic mass is 16.5. The van der Waals surface area contributed by atoms with E-state index in [0.29, 0.717) is 6.54 Å². The molecule has 2 N–H and O–H groups in total. The number of carbonyl (C=O) groups is 1. The molecule has 0 radical (unpaired) electrons. The van der Waals surface area contributed by atoms with Crippen LogP contribution in [0, 0.1) is 6.92 Å². The van der Waals surface area contributed by atoms with Crippen molar-refractivity contribution >= 4 is 22.4 Å². The molecule has 144 valence electrons. The van der Waals surface area contributed by atoms with Gasteiger partial charge >= 0.3 is 0 Å². The van der Waals surface area contributed by atoms with E-state index < -0.39 is 0 Å². The number of aromatic nitrogens is 1. The molecule has 1 fully saturated rings. The molecule has 1 aliphatic rings. The second kappa shape index (κ2) is 7.98. The van der Waals surface area contributed by atoms with Gasteiger partial charge in [-0.1, -0.05) is 12.1 Å². The standard InChI is InChI=1S/C23H25N3O2/c1-17-15-22(20-5-3-4-6-21(20)24-17)26-13-11-25(12-14-26)16-23(27)18-7-9-19(28-2)10-8-18/h3-10,15H,11-14,16H2,1-2H3/p+2. The summed E-state index contributed by atoms with van der Waals surface area (Å²) in [6.07, 6.45) is 0. The van der Waals surface area contributed by atoms with Gasteiger partial charge in [-0.15, -0.1) is 0 Å². The predicted molar refractivity (Wildman–Crippen MR) is 110 cm³/mol. The summed E-state index contributed by atoms with van der Waals surface area (Å²) >= 11 is 0. The fraction of sp³-hybridized carbons (Fsp3) is 0.304. The second-order valence-electron chi connectivity index (χ2n) is 7.45. The lowest BCUT2D eigenvalue weighted by Gasteiger charge is -2.33. The van der Waals surface area contributed by atoms with E-state index in [-0.39, 0.29) is 5.78 Å². The molecule has 1 aromatic heterocycles. The number of benzene rings is 2. The topological polar surface area (TPSA) is 48.1 Å². The van der Waals surface area contributed by atoms with E-state index in [4.69, 9.17) is 4.74 Å². The summed E-state index contributed by atoms with van der Waals surface area (Å²) in [5.41, 5.74) is 4.38. The highest BCUT2D eigenvalue weighted by Gasteiger charge is 2.25. The van der Waals surface area contributed by atoms with Crippen molar-refractivity contribution in [1.82, 2.24) is 0 Å². The van der Waals surface area contributed by atoms with E-state index in [1.54, 1.807) is 7.11 Å². The molecule has 0 amide bonds. The molecule has 0 spiro atoms. The highest BCUT2D eigenvalue weighted by molar-refractivity contribution is 5.97. The van der Waals surface area contributed by atoms with Crippen molar-refractivity contribution in [2.24, 2.45) is 0 Å². The number of anilines is 1. The van der Waals surface area contributed by atoms with Crippen molar-refractivity contribution in [1.29, 1.82) is 0 Å². The van der Waals surface area contributed by atoms with Gasteiger partial charge < -0.3 is 14.5 Å². The number of Topliss-reactive ketones (excluding diaryl/α,β-unsaturated/α-hetero) is 1. The molecule has 2 aromatic carbocycles. The zero-order valence-electron chi connectivity index (χ0n) is 16.5. The first-order valence-corrected chi connectivity index (χ1v) is 9.81. The van der Waals surface area contributed by atoms with Gasteiger partial charge in [0.1, 0.15) is 12.3 Å². The Labute approximate surface area is 165 Å². The predicted octanol–water partition coefficient (Wildman–Crippen LogP) is 1.56. The van der Waals surface area contributed by atoms with Crippen LogP contribution in [-0.2, 0) is 0 Å². The number of nitrogens with zero attached hydrogens (tertiary/aromatic N) is 1. The molecule has 1 saturated heterocycles. The monoisotopic (exact) mass is 377 g/mol. The number of carbonyl (C=O) groups excluding carboxylic acids is 1. The number of piperazine rings is 1. The van der Waals surface area contributed by atoms with Gasteiger partial charge in [0.2, 0.25) is 11.3 Å². The normalized spacial score (nSPS) is 15.0. The number of ether oxygens (including phenoxy) is 1. The number of hydrogen-bond donors (Lipinski definition) is 1. The van der Waals surface area contributed by atoms with E-state index in [9.17, 15) is 4.79 Å². The summed E-state index contributed by atoms with van der Waals surface area (Å²) in [5.74, 6) is 0.974. The van der Waals surface area contributed by atoms with Gasteiger partial charge in [0.15, 0.2) is 5.69 Å². The number of H-pyrrole nitrogens is 1. The van der Waals surface area contributed by atoms with Crippen LogP contribution in [0.1, 0.15) is 16.1 Å². The molecular formula is C23H27N3O2+2. The smallest absolute Gasteiger partial charge is 0.216 e. The third-order valence-corrected chi connectivity index (χ3v) is 5.52. The Kier molecular flexibility index (Phi) is 5.26. The fourth-order valence-electron chi connectivity index (χ4n) is 3.96. The summed E-state index contributed by atoms with van der Waals surface area (Å²) in [6, 6.07) is 18.1. The summed E-state index contributed by atoms with van der Waals surface area (Å²) in [4.78, 5) is 19.8. The molecule has 0 bridgehead atoms. The molecule has 0 saturated carbocycles. The van der Waals surface area contributed by atoms with Gasteiger partial charge in [-0.2, -0.15) is 0 Å². The van der Waals surface area contributed by atoms with Crippen LogP contribution < -0.4 is 19.5 Å². The minimum absolute atomic E-state index is 0.196. The minimum Gasteiger partial charge on any atom is -0.497 e. The van der Waals surface area contributed by atoms with Gasteiger partial charge in [0.05, 0.1) is 44.4 Å². The van der Waals surface area contributed by atoms with Gasteiger partial charge in [-0.05, 0) is 30.3 Å². The molecule has 28 heavy (non-hydrogen) atoms. The van der Waals surface area contributed by atoms with E-state index in [2.05, 4.69) is 47.1 Å². The summed E-state index contributed by atoms with van der Waals surface area (Å²) in [6.45, 7) is 6.49. The van der Waals surface area contributed by atoms with E-state index in [1.165, 1.54) is 21.5 Å². The number of rotatable bonds is 5. The Morgan fingerprint density at radius 1 is 1.11 bits per heavy atom. The number of methoxy groups -OCH3 is 1. The van der Waals surface area contributed by atoms with E-state index in [1.807, 2.05) is 24.3 Å². The Bertz CT molecular complexity index is 977.